The quantitative estimate of drug-likeness (QED) is 0.431. The molecular weight excluding hydrogens is 446 g/mol. The van der Waals surface area contributed by atoms with Gasteiger partial charge in [0.1, 0.15) is 5.75 Å². The Morgan fingerprint density at radius 2 is 1.59 bits per heavy atom. The SMILES string of the molecule is Cc1ccc(C)c(N(C(=O)COc2ccc(C(C)C)cc2)S(=O)(=O)c2ccc(Cl)cc2)c1. The minimum Gasteiger partial charge on any atom is -0.484 e. The summed E-state index contributed by atoms with van der Waals surface area (Å²) >= 11 is 5.92. The summed E-state index contributed by atoms with van der Waals surface area (Å²) < 4.78 is 33.4. The summed E-state index contributed by atoms with van der Waals surface area (Å²) in [6.45, 7) is 7.35. The van der Waals surface area contributed by atoms with E-state index in [0.717, 1.165) is 15.4 Å². The second-order valence-corrected chi connectivity index (χ2v) is 10.1. The van der Waals surface area contributed by atoms with E-state index in [4.69, 9.17) is 16.3 Å². The summed E-state index contributed by atoms with van der Waals surface area (Å²) in [6, 6.07) is 18.5. The lowest BCUT2D eigenvalue weighted by molar-refractivity contribution is -0.119. The number of amides is 1. The van der Waals surface area contributed by atoms with E-state index >= 15 is 0 Å². The number of carbonyl (C=O) groups is 1. The van der Waals surface area contributed by atoms with Crippen molar-refractivity contribution in [3.05, 3.63) is 88.4 Å². The lowest BCUT2D eigenvalue weighted by atomic mass is 10.0. The van der Waals surface area contributed by atoms with Crippen LogP contribution in [0.15, 0.2) is 71.6 Å². The van der Waals surface area contributed by atoms with Gasteiger partial charge in [-0.15, -0.1) is 0 Å². The Bertz CT molecular complexity index is 1200. The van der Waals surface area contributed by atoms with Crippen LogP contribution in [-0.4, -0.2) is 20.9 Å². The van der Waals surface area contributed by atoms with Crippen molar-refractivity contribution >= 4 is 33.2 Å². The summed E-state index contributed by atoms with van der Waals surface area (Å²) in [5.41, 5.74) is 2.93. The number of hydrogen-bond acceptors (Lipinski definition) is 4. The molecule has 0 spiro atoms. The molecule has 0 atom stereocenters. The third-order valence-corrected chi connectivity index (χ3v) is 7.07. The van der Waals surface area contributed by atoms with Crippen LogP contribution in [0.1, 0.15) is 36.5 Å². The van der Waals surface area contributed by atoms with Crippen LogP contribution in [0, 0.1) is 13.8 Å². The molecule has 0 aliphatic rings. The third-order valence-electron chi connectivity index (χ3n) is 5.07. The normalized spacial score (nSPS) is 11.4. The molecule has 0 radical (unpaired) electrons. The van der Waals surface area contributed by atoms with Gasteiger partial charge in [-0.2, -0.15) is 4.31 Å². The first kappa shape index (κ1) is 23.8. The molecule has 0 N–H and O–H groups in total. The maximum absolute atomic E-state index is 13.5. The average Bonchev–Trinajstić information content (AvgIpc) is 2.75. The first-order valence-corrected chi connectivity index (χ1v) is 12.0. The van der Waals surface area contributed by atoms with Gasteiger partial charge < -0.3 is 4.74 Å². The molecule has 3 aromatic rings. The summed E-state index contributed by atoms with van der Waals surface area (Å²) in [7, 11) is -4.19. The van der Waals surface area contributed by atoms with Crippen LogP contribution in [0.25, 0.3) is 0 Å². The number of aryl methyl sites for hydroxylation is 2. The van der Waals surface area contributed by atoms with Crippen molar-refractivity contribution in [3.8, 4) is 5.75 Å². The molecule has 0 aliphatic carbocycles. The van der Waals surface area contributed by atoms with Crippen molar-refractivity contribution < 1.29 is 17.9 Å². The van der Waals surface area contributed by atoms with Crippen LogP contribution < -0.4 is 9.04 Å². The van der Waals surface area contributed by atoms with Crippen LogP contribution in [0.3, 0.4) is 0 Å². The van der Waals surface area contributed by atoms with Gasteiger partial charge in [0.05, 0.1) is 10.6 Å². The molecule has 0 aromatic heterocycles. The topological polar surface area (TPSA) is 63.7 Å². The molecule has 0 heterocycles. The fourth-order valence-electron chi connectivity index (χ4n) is 3.20. The molecule has 168 valence electrons. The summed E-state index contributed by atoms with van der Waals surface area (Å²) in [5, 5.41) is 0.404. The molecule has 0 unspecified atom stereocenters. The van der Waals surface area contributed by atoms with Gasteiger partial charge in [-0.1, -0.05) is 49.7 Å². The zero-order chi connectivity index (χ0) is 23.5. The van der Waals surface area contributed by atoms with Crippen molar-refractivity contribution in [1.29, 1.82) is 0 Å². The van der Waals surface area contributed by atoms with E-state index in [0.29, 0.717) is 27.9 Å². The molecule has 0 aliphatic heterocycles. The molecule has 32 heavy (non-hydrogen) atoms. The molecule has 0 saturated heterocycles. The highest BCUT2D eigenvalue weighted by molar-refractivity contribution is 7.93. The third kappa shape index (κ3) is 5.31. The van der Waals surface area contributed by atoms with Gasteiger partial charge in [-0.3, -0.25) is 4.79 Å². The van der Waals surface area contributed by atoms with E-state index in [1.165, 1.54) is 24.3 Å². The second kappa shape index (κ2) is 9.76. The van der Waals surface area contributed by atoms with Crippen molar-refractivity contribution in [2.75, 3.05) is 10.9 Å². The highest BCUT2D eigenvalue weighted by atomic mass is 35.5. The highest BCUT2D eigenvalue weighted by Crippen LogP contribution is 2.29. The zero-order valence-corrected chi connectivity index (χ0v) is 20.1. The molecule has 3 rings (SSSR count). The van der Waals surface area contributed by atoms with E-state index in [1.807, 2.05) is 25.1 Å². The number of sulfonamides is 1. The monoisotopic (exact) mass is 471 g/mol. The van der Waals surface area contributed by atoms with E-state index in [2.05, 4.69) is 13.8 Å². The maximum Gasteiger partial charge on any atom is 0.278 e. The van der Waals surface area contributed by atoms with Gasteiger partial charge in [0.2, 0.25) is 0 Å². The molecule has 0 fully saturated rings. The summed E-state index contributed by atoms with van der Waals surface area (Å²) in [6.07, 6.45) is 0. The molecular formula is C25H26ClNO4S. The molecule has 7 heteroatoms. The van der Waals surface area contributed by atoms with Crippen molar-refractivity contribution in [3.63, 3.8) is 0 Å². The number of hydrogen-bond donors (Lipinski definition) is 0. The Hall–Kier alpha value is -2.83. The number of nitrogens with zero attached hydrogens (tertiary/aromatic N) is 1. The second-order valence-electron chi connectivity index (χ2n) is 7.92. The Morgan fingerprint density at radius 3 is 2.19 bits per heavy atom. The van der Waals surface area contributed by atoms with Gasteiger partial charge in [-0.05, 0) is 78.9 Å². The fourth-order valence-corrected chi connectivity index (χ4v) is 4.79. The van der Waals surface area contributed by atoms with E-state index in [-0.39, 0.29) is 4.90 Å². The number of carbonyl (C=O) groups excluding carboxylic acids is 1. The number of benzene rings is 3. The number of anilines is 1. The highest BCUT2D eigenvalue weighted by Gasteiger charge is 2.32. The van der Waals surface area contributed by atoms with E-state index in [9.17, 15) is 13.2 Å². The van der Waals surface area contributed by atoms with Crippen LogP contribution in [0.2, 0.25) is 5.02 Å². The Labute approximate surface area is 194 Å². The Balaban J connectivity index is 1.95. The van der Waals surface area contributed by atoms with Gasteiger partial charge in [0.15, 0.2) is 6.61 Å². The Kier molecular flexibility index (Phi) is 7.26. The van der Waals surface area contributed by atoms with Crippen LogP contribution in [0.4, 0.5) is 5.69 Å². The predicted molar refractivity (Wildman–Crippen MR) is 128 cm³/mol. The van der Waals surface area contributed by atoms with Crippen LogP contribution in [-0.2, 0) is 14.8 Å². The lowest BCUT2D eigenvalue weighted by Crippen LogP contribution is -2.40. The average molecular weight is 472 g/mol. The fraction of sp³-hybridized carbons (Fsp3) is 0.240. The first-order valence-electron chi connectivity index (χ1n) is 10.2. The minimum absolute atomic E-state index is 0.0301. The molecule has 1 amide bonds. The van der Waals surface area contributed by atoms with Gasteiger partial charge >= 0.3 is 0 Å². The number of halogens is 1. The molecule has 5 nitrogen and oxygen atoms in total. The summed E-state index contributed by atoms with van der Waals surface area (Å²) in [4.78, 5) is 13.2. The molecule has 3 aromatic carbocycles. The standard InChI is InChI=1S/C25H26ClNO4S/c1-17(2)20-7-11-22(12-8-20)31-16-25(28)27(24-15-18(3)5-6-19(24)4)32(29,30)23-13-9-21(26)10-14-23/h5-15,17H,16H2,1-4H3. The van der Waals surface area contributed by atoms with Gasteiger partial charge in [0.25, 0.3) is 15.9 Å². The van der Waals surface area contributed by atoms with Gasteiger partial charge in [0, 0.05) is 5.02 Å². The van der Waals surface area contributed by atoms with Crippen LogP contribution in [0.5, 0.6) is 5.75 Å². The molecule has 0 saturated carbocycles. The van der Waals surface area contributed by atoms with Crippen molar-refractivity contribution in [2.45, 2.75) is 38.5 Å². The largest absolute Gasteiger partial charge is 0.484 e. The summed E-state index contributed by atoms with van der Waals surface area (Å²) in [5.74, 6) is 0.170. The zero-order valence-electron chi connectivity index (χ0n) is 18.5. The first-order chi connectivity index (χ1) is 15.1. The number of ether oxygens (including phenoxy) is 1. The van der Waals surface area contributed by atoms with E-state index in [1.54, 1.807) is 31.2 Å². The van der Waals surface area contributed by atoms with Crippen molar-refractivity contribution in [2.24, 2.45) is 0 Å². The number of rotatable bonds is 7. The smallest absolute Gasteiger partial charge is 0.278 e. The van der Waals surface area contributed by atoms with E-state index < -0.39 is 22.5 Å². The van der Waals surface area contributed by atoms with Gasteiger partial charge in [-0.25, -0.2) is 8.42 Å². The molecule has 0 bridgehead atoms. The Morgan fingerprint density at radius 1 is 0.969 bits per heavy atom. The van der Waals surface area contributed by atoms with Crippen molar-refractivity contribution in [1.82, 2.24) is 0 Å². The van der Waals surface area contributed by atoms with Crippen LogP contribution >= 0.6 is 11.6 Å². The minimum atomic E-state index is -4.19. The lowest BCUT2D eigenvalue weighted by Gasteiger charge is -2.25. The predicted octanol–water partition coefficient (Wildman–Crippen LogP) is 5.88. The maximum atomic E-state index is 13.5.